The van der Waals surface area contributed by atoms with Crippen LogP contribution in [0.1, 0.15) is 0 Å². The topological polar surface area (TPSA) is 47.6 Å². The summed E-state index contributed by atoms with van der Waals surface area (Å²) in [6.07, 6.45) is 3.87. The van der Waals surface area contributed by atoms with Gasteiger partial charge in [0.1, 0.15) is 13.2 Å². The number of amides is 1. The molecule has 0 aliphatic rings. The fourth-order valence-corrected chi connectivity index (χ4v) is 0.544. The molecule has 0 aliphatic heterocycles. The number of nitrogens with one attached hydrogen (secondary N) is 1. The highest BCUT2D eigenvalue weighted by Crippen LogP contribution is 2.13. The number of carbonyl (C=O) groups is 1. The monoisotopic (exact) mass is 207 g/mol. The van der Waals surface area contributed by atoms with Gasteiger partial charge in [0.2, 0.25) is 0 Å². The molecule has 0 spiro atoms. The molecule has 0 aliphatic carbocycles. The van der Waals surface area contributed by atoms with Crippen LogP contribution in [0, 0.1) is 12.3 Å². The number of alkyl halides is 2. The number of hydrogen-bond donors (Lipinski definition) is 1. The number of rotatable bonds is 5. The average molecular weight is 207 g/mol. The van der Waals surface area contributed by atoms with E-state index in [0.717, 1.165) is 0 Å². The Labute approximate surface area is 80.6 Å². The number of alkyl carbamates (subject to hydrolysis) is 1. The lowest BCUT2D eigenvalue weighted by Gasteiger charge is -2.15. The second kappa shape index (κ2) is 6.16. The summed E-state index contributed by atoms with van der Waals surface area (Å²) in [5, 5.41) is 2.04. The first-order valence-corrected chi connectivity index (χ1v) is 3.75. The summed E-state index contributed by atoms with van der Waals surface area (Å²) in [5.74, 6) is -1.18. The van der Waals surface area contributed by atoms with E-state index in [9.17, 15) is 13.6 Å². The van der Waals surface area contributed by atoms with Crippen LogP contribution in [0.5, 0.6) is 0 Å². The summed E-state index contributed by atoms with van der Waals surface area (Å²) in [7, 11) is 1.27. The number of ether oxygens (including phenoxy) is 2. The van der Waals surface area contributed by atoms with E-state index in [1.807, 2.05) is 11.2 Å². The van der Waals surface area contributed by atoms with Crippen molar-refractivity contribution in [1.29, 1.82) is 0 Å². The lowest BCUT2D eigenvalue weighted by Crippen LogP contribution is -2.33. The third-order valence-electron chi connectivity index (χ3n) is 1.12. The Balaban J connectivity index is 3.72. The minimum Gasteiger partial charge on any atom is -0.443 e. The van der Waals surface area contributed by atoms with Gasteiger partial charge >= 0.3 is 12.0 Å². The van der Waals surface area contributed by atoms with Gasteiger partial charge in [-0.1, -0.05) is 5.92 Å². The quantitative estimate of drug-likeness (QED) is 0.531. The Bertz CT molecular complexity index is 225. The van der Waals surface area contributed by atoms with E-state index in [4.69, 9.17) is 6.42 Å². The van der Waals surface area contributed by atoms with Gasteiger partial charge < -0.3 is 14.8 Å². The Kier molecular flexibility index (Phi) is 5.56. The third kappa shape index (κ3) is 6.20. The van der Waals surface area contributed by atoms with Crippen molar-refractivity contribution in [2.45, 2.75) is 5.92 Å². The summed E-state index contributed by atoms with van der Waals surface area (Å²) in [4.78, 5) is 10.4. The highest BCUT2D eigenvalue weighted by Gasteiger charge is 2.31. The molecule has 1 N–H and O–H groups in total. The first-order valence-electron chi connectivity index (χ1n) is 3.75. The molecule has 14 heavy (non-hydrogen) atoms. The highest BCUT2D eigenvalue weighted by molar-refractivity contribution is 5.66. The van der Waals surface area contributed by atoms with Crippen molar-refractivity contribution in [3.8, 4) is 12.3 Å². The largest absolute Gasteiger partial charge is 0.443 e. The van der Waals surface area contributed by atoms with E-state index in [-0.39, 0.29) is 6.61 Å². The van der Waals surface area contributed by atoms with Gasteiger partial charge in [-0.25, -0.2) is 13.6 Å². The Morgan fingerprint density at radius 1 is 1.57 bits per heavy atom. The Hall–Kier alpha value is -1.35. The molecule has 0 aromatic rings. The molecule has 0 unspecified atom stereocenters. The van der Waals surface area contributed by atoms with E-state index in [1.165, 1.54) is 7.05 Å². The fraction of sp³-hybridized carbons (Fsp3) is 0.625. The number of carbonyl (C=O) groups excluding carboxylic acids is 1. The molecule has 4 nitrogen and oxygen atoms in total. The summed E-state index contributed by atoms with van der Waals surface area (Å²) in [5.41, 5.74) is 0. The van der Waals surface area contributed by atoms with Crippen molar-refractivity contribution in [3.05, 3.63) is 0 Å². The summed E-state index contributed by atoms with van der Waals surface area (Å²) >= 11 is 0. The number of hydrogen-bond acceptors (Lipinski definition) is 3. The molecule has 0 radical (unpaired) electrons. The van der Waals surface area contributed by atoms with Crippen LogP contribution in [0.25, 0.3) is 0 Å². The zero-order chi connectivity index (χ0) is 11.0. The van der Waals surface area contributed by atoms with Crippen LogP contribution >= 0.6 is 0 Å². The minimum absolute atomic E-state index is 0.199. The highest BCUT2D eigenvalue weighted by atomic mass is 19.3. The van der Waals surface area contributed by atoms with Gasteiger partial charge in [-0.3, -0.25) is 0 Å². The van der Waals surface area contributed by atoms with E-state index in [0.29, 0.717) is 0 Å². The number of terminal acetylenes is 1. The molecule has 1 amide bonds. The number of halogens is 2. The maximum absolute atomic E-state index is 12.7. The van der Waals surface area contributed by atoms with Gasteiger partial charge in [-0.15, -0.1) is 6.42 Å². The molecule has 0 heterocycles. The molecule has 0 saturated carbocycles. The summed E-state index contributed by atoms with van der Waals surface area (Å²) in [6, 6.07) is 0. The molecular formula is C8H11F2NO3. The first-order chi connectivity index (χ1) is 6.52. The van der Waals surface area contributed by atoms with Crippen LogP contribution in [0.4, 0.5) is 13.6 Å². The molecule has 6 heteroatoms. The van der Waals surface area contributed by atoms with E-state index < -0.39 is 25.2 Å². The molecule has 0 fully saturated rings. The SMILES string of the molecule is C#CCOCC(F)(F)COC(=O)NC. The lowest BCUT2D eigenvalue weighted by molar-refractivity contribution is -0.104. The molecule has 80 valence electrons. The van der Waals surface area contributed by atoms with Crippen molar-refractivity contribution in [3.63, 3.8) is 0 Å². The molecule has 0 atom stereocenters. The molecule has 0 aromatic heterocycles. The van der Waals surface area contributed by atoms with Crippen molar-refractivity contribution in [1.82, 2.24) is 5.32 Å². The van der Waals surface area contributed by atoms with Crippen LogP contribution in [0.15, 0.2) is 0 Å². The second-order valence-electron chi connectivity index (χ2n) is 2.38. The zero-order valence-electron chi connectivity index (χ0n) is 7.68. The molecule has 0 rings (SSSR count). The van der Waals surface area contributed by atoms with Crippen molar-refractivity contribution >= 4 is 6.09 Å². The Morgan fingerprint density at radius 3 is 2.71 bits per heavy atom. The van der Waals surface area contributed by atoms with Crippen LogP contribution in [0.2, 0.25) is 0 Å². The van der Waals surface area contributed by atoms with Gasteiger partial charge in [0.15, 0.2) is 6.61 Å². The summed E-state index contributed by atoms with van der Waals surface area (Å²) in [6.45, 7) is -2.10. The maximum atomic E-state index is 12.7. The zero-order valence-corrected chi connectivity index (χ0v) is 7.68. The van der Waals surface area contributed by atoms with Crippen LogP contribution in [-0.2, 0) is 9.47 Å². The van der Waals surface area contributed by atoms with Gasteiger partial charge in [-0.05, 0) is 0 Å². The van der Waals surface area contributed by atoms with Gasteiger partial charge in [0.05, 0.1) is 0 Å². The third-order valence-corrected chi connectivity index (χ3v) is 1.12. The smallest absolute Gasteiger partial charge is 0.407 e. The van der Waals surface area contributed by atoms with Crippen LogP contribution in [0.3, 0.4) is 0 Å². The molecular weight excluding hydrogens is 196 g/mol. The van der Waals surface area contributed by atoms with E-state index in [1.54, 1.807) is 0 Å². The van der Waals surface area contributed by atoms with Crippen LogP contribution < -0.4 is 5.32 Å². The Morgan fingerprint density at radius 2 is 2.21 bits per heavy atom. The van der Waals surface area contributed by atoms with E-state index >= 15 is 0 Å². The average Bonchev–Trinajstić information content (AvgIpc) is 2.14. The van der Waals surface area contributed by atoms with Gasteiger partial charge in [0, 0.05) is 7.05 Å². The standard InChI is InChI=1S/C8H11F2NO3/c1-3-4-13-5-8(9,10)6-14-7(12)11-2/h1H,4-6H2,2H3,(H,11,12). The maximum Gasteiger partial charge on any atom is 0.407 e. The van der Waals surface area contributed by atoms with Gasteiger partial charge in [-0.2, -0.15) is 0 Å². The first kappa shape index (κ1) is 12.7. The normalized spacial score (nSPS) is 10.4. The lowest BCUT2D eigenvalue weighted by atomic mass is 10.4. The fourth-order valence-electron chi connectivity index (χ4n) is 0.544. The second-order valence-corrected chi connectivity index (χ2v) is 2.38. The minimum atomic E-state index is -3.22. The van der Waals surface area contributed by atoms with Crippen LogP contribution in [-0.4, -0.2) is 38.9 Å². The molecule has 0 bridgehead atoms. The summed E-state index contributed by atoms with van der Waals surface area (Å²) < 4.78 is 34.1. The van der Waals surface area contributed by atoms with E-state index in [2.05, 4.69) is 9.47 Å². The molecule has 0 aromatic carbocycles. The molecule has 0 saturated heterocycles. The van der Waals surface area contributed by atoms with Crippen molar-refractivity contribution in [2.75, 3.05) is 26.9 Å². The van der Waals surface area contributed by atoms with Crippen molar-refractivity contribution < 1.29 is 23.0 Å². The predicted molar refractivity (Wildman–Crippen MR) is 45.0 cm³/mol. The van der Waals surface area contributed by atoms with Crippen molar-refractivity contribution in [2.24, 2.45) is 0 Å². The predicted octanol–water partition coefficient (Wildman–Crippen LogP) is 0.627. The van der Waals surface area contributed by atoms with Gasteiger partial charge in [0.25, 0.3) is 0 Å².